The fraction of sp³-hybridized carbons (Fsp3) is 0.353. The average molecular weight is 346 g/mol. The van der Waals surface area contributed by atoms with E-state index in [0.717, 1.165) is 29.8 Å². The van der Waals surface area contributed by atoms with Gasteiger partial charge in [0.1, 0.15) is 5.82 Å². The zero-order chi connectivity index (χ0) is 14.7. The molecular formula is C17H20BrN3. The van der Waals surface area contributed by atoms with Gasteiger partial charge in [0, 0.05) is 35.8 Å². The Balaban J connectivity index is 1.59. The smallest absolute Gasteiger partial charge is 0.126 e. The zero-order valence-corrected chi connectivity index (χ0v) is 13.8. The highest BCUT2D eigenvalue weighted by molar-refractivity contribution is 9.10. The van der Waals surface area contributed by atoms with Gasteiger partial charge in [-0.25, -0.2) is 4.98 Å². The number of likely N-dealkylation sites (tertiary alicyclic amines) is 1. The summed E-state index contributed by atoms with van der Waals surface area (Å²) in [5.74, 6) is 0.956. The summed E-state index contributed by atoms with van der Waals surface area (Å²) in [6.45, 7) is 4.39. The second-order valence-corrected chi connectivity index (χ2v) is 6.62. The molecule has 1 aliphatic heterocycles. The van der Waals surface area contributed by atoms with Crippen LogP contribution in [0.1, 0.15) is 18.9 Å². The molecule has 0 aliphatic carbocycles. The molecule has 3 rings (SSSR count). The number of rotatable bonds is 4. The highest BCUT2D eigenvalue weighted by Crippen LogP contribution is 2.23. The first kappa shape index (κ1) is 14.5. The van der Waals surface area contributed by atoms with Gasteiger partial charge in [0.15, 0.2) is 0 Å². The third kappa shape index (κ3) is 3.83. The van der Waals surface area contributed by atoms with Gasteiger partial charge in [-0.2, -0.15) is 0 Å². The Morgan fingerprint density at radius 2 is 2.05 bits per heavy atom. The van der Waals surface area contributed by atoms with E-state index in [-0.39, 0.29) is 0 Å². The highest BCUT2D eigenvalue weighted by atomic mass is 79.9. The van der Waals surface area contributed by atoms with Crippen LogP contribution in [0.25, 0.3) is 0 Å². The van der Waals surface area contributed by atoms with Crippen LogP contribution < -0.4 is 5.32 Å². The molecule has 3 nitrogen and oxygen atoms in total. The lowest BCUT2D eigenvalue weighted by molar-refractivity contribution is 0.259. The van der Waals surface area contributed by atoms with Crippen molar-refractivity contribution in [3.8, 4) is 0 Å². The third-order valence-corrected chi connectivity index (χ3v) is 4.48. The monoisotopic (exact) mass is 345 g/mol. The molecule has 0 saturated carbocycles. The van der Waals surface area contributed by atoms with Crippen LogP contribution >= 0.6 is 15.9 Å². The Morgan fingerprint density at radius 3 is 2.76 bits per heavy atom. The number of pyridine rings is 1. The van der Waals surface area contributed by atoms with Crippen molar-refractivity contribution < 1.29 is 0 Å². The van der Waals surface area contributed by atoms with Crippen LogP contribution in [0.4, 0.5) is 5.82 Å². The summed E-state index contributed by atoms with van der Waals surface area (Å²) in [6, 6.07) is 15.8. The predicted molar refractivity (Wildman–Crippen MR) is 90.3 cm³/mol. The van der Waals surface area contributed by atoms with Gasteiger partial charge in [-0.1, -0.05) is 30.3 Å². The van der Waals surface area contributed by atoms with Gasteiger partial charge in [0.2, 0.25) is 0 Å². The van der Waals surface area contributed by atoms with E-state index in [1.165, 1.54) is 5.56 Å². The molecule has 1 N–H and O–H groups in total. The lowest BCUT2D eigenvalue weighted by Gasteiger charge is -2.20. The van der Waals surface area contributed by atoms with Gasteiger partial charge in [-0.05, 0) is 47.0 Å². The van der Waals surface area contributed by atoms with Crippen molar-refractivity contribution in [2.75, 3.05) is 11.9 Å². The molecule has 1 aliphatic rings. The molecule has 2 atom stereocenters. The molecule has 21 heavy (non-hydrogen) atoms. The SMILES string of the molecule is CC1CC(Nc2ccc(Br)cn2)CN1Cc1ccccc1. The van der Waals surface area contributed by atoms with Crippen LogP contribution in [0.2, 0.25) is 0 Å². The minimum absolute atomic E-state index is 0.470. The van der Waals surface area contributed by atoms with Crippen molar-refractivity contribution in [2.24, 2.45) is 0 Å². The van der Waals surface area contributed by atoms with Gasteiger partial charge in [-0.3, -0.25) is 4.90 Å². The average Bonchev–Trinajstić information content (AvgIpc) is 2.82. The van der Waals surface area contributed by atoms with Crippen LogP contribution in [0, 0.1) is 0 Å². The number of nitrogens with one attached hydrogen (secondary N) is 1. The number of aromatic nitrogens is 1. The van der Waals surface area contributed by atoms with Crippen molar-refractivity contribution in [1.82, 2.24) is 9.88 Å². The molecule has 0 amide bonds. The summed E-state index contributed by atoms with van der Waals surface area (Å²) in [6.07, 6.45) is 2.99. The first-order chi connectivity index (χ1) is 10.2. The standard InChI is InChI=1S/C17H20BrN3/c1-13-9-16(20-17-8-7-15(18)10-19-17)12-21(13)11-14-5-3-2-4-6-14/h2-8,10,13,16H,9,11-12H2,1H3,(H,19,20). The van der Waals surface area contributed by atoms with Crippen molar-refractivity contribution in [2.45, 2.75) is 32.0 Å². The maximum absolute atomic E-state index is 4.40. The van der Waals surface area contributed by atoms with Gasteiger partial charge >= 0.3 is 0 Å². The number of hydrogen-bond acceptors (Lipinski definition) is 3. The number of benzene rings is 1. The van der Waals surface area contributed by atoms with Gasteiger partial charge < -0.3 is 5.32 Å². The van der Waals surface area contributed by atoms with E-state index in [1.54, 1.807) is 0 Å². The topological polar surface area (TPSA) is 28.2 Å². The number of anilines is 1. The fourth-order valence-electron chi connectivity index (χ4n) is 2.91. The molecular weight excluding hydrogens is 326 g/mol. The Morgan fingerprint density at radius 1 is 1.24 bits per heavy atom. The molecule has 0 spiro atoms. The molecule has 1 fully saturated rings. The quantitative estimate of drug-likeness (QED) is 0.910. The Hall–Kier alpha value is -1.39. The normalized spacial score (nSPS) is 22.4. The van der Waals surface area contributed by atoms with Gasteiger partial charge in [-0.15, -0.1) is 0 Å². The third-order valence-electron chi connectivity index (χ3n) is 4.01. The lowest BCUT2D eigenvalue weighted by atomic mass is 10.2. The van der Waals surface area contributed by atoms with E-state index in [9.17, 15) is 0 Å². The van der Waals surface area contributed by atoms with Crippen LogP contribution in [0.3, 0.4) is 0 Å². The summed E-state index contributed by atoms with van der Waals surface area (Å²) in [4.78, 5) is 6.93. The van der Waals surface area contributed by atoms with Crippen LogP contribution in [-0.4, -0.2) is 28.5 Å². The Kier molecular flexibility index (Phi) is 4.56. The van der Waals surface area contributed by atoms with E-state index in [1.807, 2.05) is 18.3 Å². The largest absolute Gasteiger partial charge is 0.366 e. The summed E-state index contributed by atoms with van der Waals surface area (Å²) < 4.78 is 1.01. The van der Waals surface area contributed by atoms with E-state index in [2.05, 4.69) is 68.4 Å². The van der Waals surface area contributed by atoms with E-state index in [0.29, 0.717) is 12.1 Å². The number of hydrogen-bond donors (Lipinski definition) is 1. The molecule has 110 valence electrons. The molecule has 1 aromatic heterocycles. The molecule has 2 unspecified atom stereocenters. The predicted octanol–water partition coefficient (Wildman–Crippen LogP) is 3.92. The van der Waals surface area contributed by atoms with Gasteiger partial charge in [0.25, 0.3) is 0 Å². The van der Waals surface area contributed by atoms with E-state index < -0.39 is 0 Å². The fourth-order valence-corrected chi connectivity index (χ4v) is 3.15. The molecule has 1 aromatic carbocycles. The minimum Gasteiger partial charge on any atom is -0.366 e. The maximum atomic E-state index is 4.40. The molecule has 2 aromatic rings. The molecule has 0 bridgehead atoms. The second-order valence-electron chi connectivity index (χ2n) is 5.70. The van der Waals surface area contributed by atoms with Crippen molar-refractivity contribution >= 4 is 21.7 Å². The van der Waals surface area contributed by atoms with Crippen LogP contribution in [0.5, 0.6) is 0 Å². The Labute approximate surface area is 134 Å². The first-order valence-electron chi connectivity index (χ1n) is 7.37. The van der Waals surface area contributed by atoms with Crippen LogP contribution in [0.15, 0.2) is 53.1 Å². The van der Waals surface area contributed by atoms with E-state index >= 15 is 0 Å². The maximum Gasteiger partial charge on any atom is 0.126 e. The molecule has 0 radical (unpaired) electrons. The summed E-state index contributed by atoms with van der Waals surface area (Å²) in [5, 5.41) is 3.54. The lowest BCUT2D eigenvalue weighted by Crippen LogP contribution is -2.28. The summed E-state index contributed by atoms with van der Waals surface area (Å²) in [7, 11) is 0. The highest BCUT2D eigenvalue weighted by Gasteiger charge is 2.28. The summed E-state index contributed by atoms with van der Waals surface area (Å²) in [5.41, 5.74) is 1.38. The van der Waals surface area contributed by atoms with Crippen LogP contribution in [-0.2, 0) is 6.54 Å². The summed E-state index contributed by atoms with van der Waals surface area (Å²) >= 11 is 3.42. The molecule has 4 heteroatoms. The second kappa shape index (κ2) is 6.58. The minimum atomic E-state index is 0.470. The van der Waals surface area contributed by atoms with Crippen molar-refractivity contribution in [3.63, 3.8) is 0 Å². The molecule has 1 saturated heterocycles. The molecule has 2 heterocycles. The number of halogens is 1. The van der Waals surface area contributed by atoms with E-state index in [4.69, 9.17) is 0 Å². The zero-order valence-electron chi connectivity index (χ0n) is 12.2. The van der Waals surface area contributed by atoms with Crippen molar-refractivity contribution in [3.05, 3.63) is 58.7 Å². The number of nitrogens with zero attached hydrogens (tertiary/aromatic N) is 2. The first-order valence-corrected chi connectivity index (χ1v) is 8.16. The van der Waals surface area contributed by atoms with Gasteiger partial charge in [0.05, 0.1) is 0 Å². The Bertz CT molecular complexity index is 570. The van der Waals surface area contributed by atoms with Crippen molar-refractivity contribution in [1.29, 1.82) is 0 Å².